The Balaban J connectivity index is 2.91. The number of benzene rings is 1. The Morgan fingerprint density at radius 2 is 2.27 bits per heavy atom. The number of nitrogens with zero attached hydrogens (tertiary/aromatic N) is 1. The standard InChI is InChI=1S/C9H7N2/c10-8-5-1-3-7-4-2-6-11-9(7)8/h1-4,6H,10H2. The molecule has 0 spiro atoms. The average Bonchev–Trinajstić information content (AvgIpc) is 2.06. The van der Waals surface area contributed by atoms with Gasteiger partial charge in [0.15, 0.2) is 0 Å². The highest BCUT2D eigenvalue weighted by Gasteiger charge is 1.94. The summed E-state index contributed by atoms with van der Waals surface area (Å²) in [5.41, 5.74) is 7.08. The molecule has 0 aliphatic rings. The van der Waals surface area contributed by atoms with Crippen LogP contribution in [0.2, 0.25) is 0 Å². The Bertz CT molecular complexity index is 377. The molecule has 2 aromatic rings. The molecule has 0 unspecified atom stereocenters. The first-order valence-electron chi connectivity index (χ1n) is 3.39. The van der Waals surface area contributed by atoms with Gasteiger partial charge in [-0.25, -0.2) is 0 Å². The van der Waals surface area contributed by atoms with Gasteiger partial charge < -0.3 is 5.73 Å². The summed E-state index contributed by atoms with van der Waals surface area (Å²) in [5, 5.41) is 1.06. The fourth-order valence-electron chi connectivity index (χ4n) is 1.07. The summed E-state index contributed by atoms with van der Waals surface area (Å²) < 4.78 is 0. The van der Waals surface area contributed by atoms with Crippen molar-refractivity contribution in [2.45, 2.75) is 0 Å². The SMILES string of the molecule is Nc1[c]ccc2cccnc12. The molecule has 1 radical (unpaired) electrons. The number of hydrogen-bond acceptors (Lipinski definition) is 2. The van der Waals surface area contributed by atoms with Crippen LogP contribution in [0.3, 0.4) is 0 Å². The van der Waals surface area contributed by atoms with Gasteiger partial charge in [0.05, 0.1) is 11.2 Å². The van der Waals surface area contributed by atoms with Crippen LogP contribution in [-0.2, 0) is 0 Å². The topological polar surface area (TPSA) is 38.9 Å². The summed E-state index contributed by atoms with van der Waals surface area (Å²) >= 11 is 0. The van der Waals surface area contributed by atoms with Crippen molar-refractivity contribution in [2.24, 2.45) is 0 Å². The summed E-state index contributed by atoms with van der Waals surface area (Å²) in [6.45, 7) is 0. The van der Waals surface area contributed by atoms with E-state index in [0.717, 1.165) is 10.9 Å². The molecule has 1 aromatic carbocycles. The zero-order chi connectivity index (χ0) is 7.68. The van der Waals surface area contributed by atoms with Gasteiger partial charge in [-0.05, 0) is 6.07 Å². The lowest BCUT2D eigenvalue weighted by Gasteiger charge is -1.97. The van der Waals surface area contributed by atoms with E-state index in [0.29, 0.717) is 5.69 Å². The minimum atomic E-state index is 0.614. The maximum Gasteiger partial charge on any atom is 0.0937 e. The minimum Gasteiger partial charge on any atom is -0.396 e. The first kappa shape index (κ1) is 6.16. The van der Waals surface area contributed by atoms with Crippen molar-refractivity contribution >= 4 is 16.6 Å². The quantitative estimate of drug-likeness (QED) is 0.569. The molecule has 1 heterocycles. The summed E-state index contributed by atoms with van der Waals surface area (Å²) in [5.74, 6) is 0. The third-order valence-corrected chi connectivity index (χ3v) is 1.60. The minimum absolute atomic E-state index is 0.614. The van der Waals surface area contributed by atoms with Crippen LogP contribution in [0.25, 0.3) is 10.9 Å². The van der Waals surface area contributed by atoms with Crippen molar-refractivity contribution in [1.29, 1.82) is 0 Å². The summed E-state index contributed by atoms with van der Waals surface area (Å²) in [6.07, 6.45) is 1.73. The third-order valence-electron chi connectivity index (χ3n) is 1.60. The number of fused-ring (bicyclic) bond motifs is 1. The second-order valence-electron chi connectivity index (χ2n) is 2.33. The Morgan fingerprint density at radius 3 is 3.09 bits per heavy atom. The van der Waals surface area contributed by atoms with E-state index in [1.54, 1.807) is 12.3 Å². The van der Waals surface area contributed by atoms with Crippen LogP contribution >= 0.6 is 0 Å². The van der Waals surface area contributed by atoms with E-state index in [9.17, 15) is 0 Å². The molecule has 0 aliphatic carbocycles. The van der Waals surface area contributed by atoms with Gasteiger partial charge in [0.1, 0.15) is 0 Å². The van der Waals surface area contributed by atoms with E-state index in [2.05, 4.69) is 11.1 Å². The second kappa shape index (κ2) is 2.23. The number of rotatable bonds is 0. The molecule has 1 aromatic heterocycles. The van der Waals surface area contributed by atoms with E-state index in [-0.39, 0.29) is 0 Å². The number of nitrogens with two attached hydrogens (primary N) is 1. The summed E-state index contributed by atoms with van der Waals surface area (Å²) in [4.78, 5) is 4.12. The Hall–Kier alpha value is -1.57. The van der Waals surface area contributed by atoms with Gasteiger partial charge >= 0.3 is 0 Å². The highest BCUT2D eigenvalue weighted by molar-refractivity contribution is 5.88. The van der Waals surface area contributed by atoms with Crippen LogP contribution in [0.4, 0.5) is 5.69 Å². The number of anilines is 1. The molecule has 2 N–H and O–H groups in total. The number of hydrogen-bond donors (Lipinski definition) is 1. The molecule has 0 saturated heterocycles. The van der Waals surface area contributed by atoms with Crippen molar-refractivity contribution in [2.75, 3.05) is 5.73 Å². The normalized spacial score (nSPS) is 10.2. The second-order valence-corrected chi connectivity index (χ2v) is 2.33. The van der Waals surface area contributed by atoms with Crippen molar-refractivity contribution in [3.8, 4) is 0 Å². The van der Waals surface area contributed by atoms with Gasteiger partial charge in [-0.15, -0.1) is 0 Å². The maximum atomic E-state index is 5.64. The fraction of sp³-hybridized carbons (Fsp3) is 0. The zero-order valence-corrected chi connectivity index (χ0v) is 5.91. The predicted octanol–water partition coefficient (Wildman–Crippen LogP) is 1.62. The molecule has 0 fully saturated rings. The molecule has 2 rings (SSSR count). The van der Waals surface area contributed by atoms with E-state index in [1.807, 2.05) is 18.2 Å². The van der Waals surface area contributed by atoms with E-state index >= 15 is 0 Å². The lowest BCUT2D eigenvalue weighted by molar-refractivity contribution is 1.41. The first-order valence-corrected chi connectivity index (χ1v) is 3.39. The van der Waals surface area contributed by atoms with Crippen LogP contribution in [-0.4, -0.2) is 4.98 Å². The first-order chi connectivity index (χ1) is 5.38. The molecule has 0 aliphatic heterocycles. The molecule has 11 heavy (non-hydrogen) atoms. The highest BCUT2D eigenvalue weighted by atomic mass is 14.7. The molecular weight excluding hydrogens is 136 g/mol. The Labute approximate surface area is 64.7 Å². The average molecular weight is 143 g/mol. The maximum absolute atomic E-state index is 5.64. The largest absolute Gasteiger partial charge is 0.396 e. The third kappa shape index (κ3) is 0.923. The van der Waals surface area contributed by atoms with Gasteiger partial charge in [0.2, 0.25) is 0 Å². The van der Waals surface area contributed by atoms with Crippen LogP contribution in [0.15, 0.2) is 30.5 Å². The van der Waals surface area contributed by atoms with Crippen LogP contribution in [0.5, 0.6) is 0 Å². The molecule has 53 valence electrons. The molecule has 0 amide bonds. The highest BCUT2D eigenvalue weighted by Crippen LogP contribution is 2.15. The molecule has 0 saturated carbocycles. The van der Waals surface area contributed by atoms with Crippen molar-refractivity contribution in [1.82, 2.24) is 4.98 Å². The Kier molecular flexibility index (Phi) is 1.25. The lowest BCUT2D eigenvalue weighted by Crippen LogP contribution is -1.88. The van der Waals surface area contributed by atoms with Gasteiger partial charge in [-0.2, -0.15) is 0 Å². The van der Waals surface area contributed by atoms with E-state index < -0.39 is 0 Å². The predicted molar refractivity (Wildman–Crippen MR) is 45.0 cm³/mol. The molecule has 2 heteroatoms. The van der Waals surface area contributed by atoms with Crippen LogP contribution < -0.4 is 5.73 Å². The lowest BCUT2D eigenvalue weighted by atomic mass is 10.2. The van der Waals surface area contributed by atoms with Gasteiger partial charge in [-0.1, -0.05) is 18.2 Å². The molecule has 0 atom stereocenters. The van der Waals surface area contributed by atoms with Gasteiger partial charge in [0.25, 0.3) is 0 Å². The molecule has 2 nitrogen and oxygen atoms in total. The number of aromatic nitrogens is 1. The van der Waals surface area contributed by atoms with Crippen molar-refractivity contribution < 1.29 is 0 Å². The molecular formula is C9H7N2. The van der Waals surface area contributed by atoms with Crippen LogP contribution in [0.1, 0.15) is 0 Å². The van der Waals surface area contributed by atoms with E-state index in [4.69, 9.17) is 5.73 Å². The van der Waals surface area contributed by atoms with Gasteiger partial charge in [0, 0.05) is 17.6 Å². The Morgan fingerprint density at radius 1 is 1.36 bits per heavy atom. The zero-order valence-electron chi connectivity index (χ0n) is 5.91. The van der Waals surface area contributed by atoms with Gasteiger partial charge in [-0.3, -0.25) is 4.98 Å². The van der Waals surface area contributed by atoms with Crippen molar-refractivity contribution in [3.05, 3.63) is 36.5 Å². The smallest absolute Gasteiger partial charge is 0.0937 e. The van der Waals surface area contributed by atoms with Crippen LogP contribution in [0, 0.1) is 6.07 Å². The summed E-state index contributed by atoms with van der Waals surface area (Å²) in [6, 6.07) is 10.5. The van der Waals surface area contributed by atoms with E-state index in [1.165, 1.54) is 0 Å². The summed E-state index contributed by atoms with van der Waals surface area (Å²) in [7, 11) is 0. The monoisotopic (exact) mass is 143 g/mol. The fourth-order valence-corrected chi connectivity index (χ4v) is 1.07. The molecule has 0 bridgehead atoms. The number of pyridine rings is 1. The van der Waals surface area contributed by atoms with Crippen molar-refractivity contribution in [3.63, 3.8) is 0 Å². The number of nitrogen functional groups attached to an aromatic ring is 1.